The highest BCUT2D eigenvalue weighted by Crippen LogP contribution is 2.39. The fourth-order valence-corrected chi connectivity index (χ4v) is 3.28. The summed E-state index contributed by atoms with van der Waals surface area (Å²) >= 11 is 3.55. The lowest BCUT2D eigenvalue weighted by Crippen LogP contribution is -2.36. The number of halogens is 1. The predicted molar refractivity (Wildman–Crippen MR) is 83.7 cm³/mol. The van der Waals surface area contributed by atoms with Crippen LogP contribution in [-0.4, -0.2) is 12.6 Å². The molecule has 0 saturated heterocycles. The van der Waals surface area contributed by atoms with Crippen molar-refractivity contribution in [3.05, 3.63) is 28.2 Å². The van der Waals surface area contributed by atoms with Gasteiger partial charge in [0.05, 0.1) is 0 Å². The second kappa shape index (κ2) is 6.76. The Hall–Kier alpha value is -0.540. The molecule has 1 aromatic carbocycles. The van der Waals surface area contributed by atoms with Crippen LogP contribution in [0.1, 0.15) is 51.6 Å². The Morgan fingerprint density at radius 1 is 1.42 bits per heavy atom. The van der Waals surface area contributed by atoms with E-state index in [0.29, 0.717) is 18.1 Å². The van der Waals surface area contributed by atoms with Gasteiger partial charge in [0.25, 0.3) is 0 Å². The standard InChI is InChI=1S/C16H24BrNO/c1-4-6-11(3)16-10-14(18-5-2)13-9-12(17)7-8-15(13)19-16/h7-9,11,14,16,18H,4-6,10H2,1-3H3. The largest absolute Gasteiger partial charge is 0.490 e. The molecule has 19 heavy (non-hydrogen) atoms. The van der Waals surface area contributed by atoms with E-state index in [4.69, 9.17) is 4.74 Å². The molecule has 0 radical (unpaired) electrons. The Balaban J connectivity index is 2.22. The highest BCUT2D eigenvalue weighted by molar-refractivity contribution is 9.10. The molecule has 3 unspecified atom stereocenters. The minimum atomic E-state index is 0.331. The molecule has 106 valence electrons. The minimum Gasteiger partial charge on any atom is -0.490 e. The molecule has 3 heteroatoms. The van der Waals surface area contributed by atoms with Gasteiger partial charge < -0.3 is 10.1 Å². The van der Waals surface area contributed by atoms with Gasteiger partial charge in [0.15, 0.2) is 0 Å². The SMILES string of the molecule is CCCC(C)C1CC(NCC)c2cc(Br)ccc2O1. The van der Waals surface area contributed by atoms with Crippen LogP contribution < -0.4 is 10.1 Å². The van der Waals surface area contributed by atoms with E-state index in [1.807, 2.05) is 0 Å². The summed E-state index contributed by atoms with van der Waals surface area (Å²) in [7, 11) is 0. The average molecular weight is 326 g/mol. The topological polar surface area (TPSA) is 21.3 Å². The normalized spacial score (nSPS) is 23.6. The van der Waals surface area contributed by atoms with Crippen LogP contribution in [0.2, 0.25) is 0 Å². The first-order valence-corrected chi connectivity index (χ1v) is 8.14. The summed E-state index contributed by atoms with van der Waals surface area (Å²) in [4.78, 5) is 0. The van der Waals surface area contributed by atoms with E-state index in [9.17, 15) is 0 Å². The second-order valence-corrected chi connectivity index (χ2v) is 6.37. The van der Waals surface area contributed by atoms with E-state index in [0.717, 1.165) is 23.2 Å². The fourth-order valence-electron chi connectivity index (χ4n) is 2.90. The van der Waals surface area contributed by atoms with E-state index >= 15 is 0 Å². The molecule has 0 spiro atoms. The molecule has 1 N–H and O–H groups in total. The van der Waals surface area contributed by atoms with Gasteiger partial charge in [0.2, 0.25) is 0 Å². The molecule has 0 saturated carbocycles. The summed E-state index contributed by atoms with van der Waals surface area (Å²) < 4.78 is 7.34. The molecular weight excluding hydrogens is 302 g/mol. The van der Waals surface area contributed by atoms with Crippen LogP contribution in [0.5, 0.6) is 5.75 Å². The summed E-state index contributed by atoms with van der Waals surface area (Å²) in [6.07, 6.45) is 3.85. The van der Waals surface area contributed by atoms with Crippen molar-refractivity contribution in [3.63, 3.8) is 0 Å². The van der Waals surface area contributed by atoms with E-state index in [2.05, 4.69) is 60.2 Å². The Labute approximate surface area is 125 Å². The molecule has 1 aromatic rings. The van der Waals surface area contributed by atoms with Crippen molar-refractivity contribution in [1.82, 2.24) is 5.32 Å². The maximum absolute atomic E-state index is 6.22. The van der Waals surface area contributed by atoms with Gasteiger partial charge in [-0.3, -0.25) is 0 Å². The van der Waals surface area contributed by atoms with Crippen LogP contribution in [0.25, 0.3) is 0 Å². The predicted octanol–water partition coefficient (Wildman–Crippen LogP) is 4.69. The first-order valence-electron chi connectivity index (χ1n) is 7.35. The summed E-state index contributed by atoms with van der Waals surface area (Å²) in [6, 6.07) is 6.75. The Morgan fingerprint density at radius 2 is 2.21 bits per heavy atom. The third-order valence-electron chi connectivity index (χ3n) is 3.92. The zero-order valence-electron chi connectivity index (χ0n) is 12.1. The molecular formula is C16H24BrNO. The Kier molecular flexibility index (Phi) is 5.28. The molecule has 0 aromatic heterocycles. The summed E-state index contributed by atoms with van der Waals surface area (Å²) in [5.41, 5.74) is 1.29. The lowest BCUT2D eigenvalue weighted by Gasteiger charge is -2.35. The zero-order chi connectivity index (χ0) is 13.8. The number of ether oxygens (including phenoxy) is 1. The Morgan fingerprint density at radius 3 is 2.89 bits per heavy atom. The van der Waals surface area contributed by atoms with Crippen molar-refractivity contribution in [1.29, 1.82) is 0 Å². The smallest absolute Gasteiger partial charge is 0.124 e. The quantitative estimate of drug-likeness (QED) is 0.848. The monoisotopic (exact) mass is 325 g/mol. The van der Waals surface area contributed by atoms with Gasteiger partial charge in [0.1, 0.15) is 11.9 Å². The number of hydrogen-bond donors (Lipinski definition) is 1. The molecule has 1 aliphatic heterocycles. The number of fused-ring (bicyclic) bond motifs is 1. The van der Waals surface area contributed by atoms with Crippen molar-refractivity contribution in [2.75, 3.05) is 6.54 Å². The maximum Gasteiger partial charge on any atom is 0.124 e. The van der Waals surface area contributed by atoms with Crippen molar-refractivity contribution >= 4 is 15.9 Å². The number of hydrogen-bond acceptors (Lipinski definition) is 2. The zero-order valence-corrected chi connectivity index (χ0v) is 13.7. The van der Waals surface area contributed by atoms with Crippen LogP contribution in [0.4, 0.5) is 0 Å². The van der Waals surface area contributed by atoms with Crippen LogP contribution >= 0.6 is 15.9 Å². The third-order valence-corrected chi connectivity index (χ3v) is 4.42. The van der Waals surface area contributed by atoms with Crippen molar-refractivity contribution in [2.45, 2.75) is 52.2 Å². The third kappa shape index (κ3) is 3.51. The molecule has 1 aliphatic rings. The molecule has 1 heterocycles. The van der Waals surface area contributed by atoms with Crippen LogP contribution in [0.3, 0.4) is 0 Å². The molecule has 0 fully saturated rings. The molecule has 0 bridgehead atoms. The van der Waals surface area contributed by atoms with Crippen molar-refractivity contribution in [3.8, 4) is 5.75 Å². The Bertz CT molecular complexity index is 421. The van der Waals surface area contributed by atoms with Crippen molar-refractivity contribution < 1.29 is 4.74 Å². The van der Waals surface area contributed by atoms with Gasteiger partial charge in [-0.05, 0) is 37.1 Å². The van der Waals surface area contributed by atoms with Gasteiger partial charge in [-0.1, -0.05) is 43.1 Å². The van der Waals surface area contributed by atoms with E-state index in [1.54, 1.807) is 0 Å². The van der Waals surface area contributed by atoms with Crippen LogP contribution in [-0.2, 0) is 0 Å². The summed E-state index contributed by atoms with van der Waals surface area (Å²) in [5.74, 6) is 1.66. The van der Waals surface area contributed by atoms with Gasteiger partial charge in [-0.15, -0.1) is 0 Å². The van der Waals surface area contributed by atoms with Gasteiger partial charge >= 0.3 is 0 Å². The molecule has 0 amide bonds. The summed E-state index contributed by atoms with van der Waals surface area (Å²) in [5, 5.41) is 3.59. The van der Waals surface area contributed by atoms with Gasteiger partial charge in [-0.2, -0.15) is 0 Å². The van der Waals surface area contributed by atoms with Crippen LogP contribution in [0, 0.1) is 5.92 Å². The number of rotatable bonds is 5. The molecule has 2 rings (SSSR count). The van der Waals surface area contributed by atoms with E-state index < -0.39 is 0 Å². The lowest BCUT2D eigenvalue weighted by molar-refractivity contribution is 0.0957. The highest BCUT2D eigenvalue weighted by atomic mass is 79.9. The van der Waals surface area contributed by atoms with Crippen molar-refractivity contribution in [2.24, 2.45) is 5.92 Å². The summed E-state index contributed by atoms with van der Waals surface area (Å²) in [6.45, 7) is 7.70. The first-order chi connectivity index (χ1) is 9.15. The first kappa shape index (κ1) is 14.9. The maximum atomic E-state index is 6.22. The fraction of sp³-hybridized carbons (Fsp3) is 0.625. The molecule has 3 atom stereocenters. The van der Waals surface area contributed by atoms with Gasteiger partial charge in [-0.25, -0.2) is 0 Å². The van der Waals surface area contributed by atoms with Gasteiger partial charge in [0, 0.05) is 22.5 Å². The minimum absolute atomic E-state index is 0.331. The van der Waals surface area contributed by atoms with E-state index in [-0.39, 0.29) is 0 Å². The lowest BCUT2D eigenvalue weighted by atomic mass is 9.88. The van der Waals surface area contributed by atoms with Crippen LogP contribution in [0.15, 0.2) is 22.7 Å². The molecule has 0 aliphatic carbocycles. The number of nitrogens with one attached hydrogen (secondary N) is 1. The van der Waals surface area contributed by atoms with E-state index in [1.165, 1.54) is 18.4 Å². The molecule has 2 nitrogen and oxygen atoms in total. The highest BCUT2D eigenvalue weighted by Gasteiger charge is 2.30. The second-order valence-electron chi connectivity index (χ2n) is 5.45. The average Bonchev–Trinajstić information content (AvgIpc) is 2.39. The number of benzene rings is 1.